The molecule has 156 valence electrons. The van der Waals surface area contributed by atoms with E-state index in [-0.39, 0.29) is 17.4 Å². The zero-order valence-corrected chi connectivity index (χ0v) is 17.0. The van der Waals surface area contributed by atoms with Gasteiger partial charge in [0.15, 0.2) is 11.5 Å². The number of H-pyrrole nitrogens is 1. The maximum atomic E-state index is 12.9. The Morgan fingerprint density at radius 1 is 1.03 bits per heavy atom. The van der Waals surface area contributed by atoms with Gasteiger partial charge in [0.25, 0.3) is 11.1 Å². The number of nitrogens with zero attached hydrogens (tertiary/aromatic N) is 2. The lowest BCUT2D eigenvalue weighted by Crippen LogP contribution is -2.31. The molecular weight excluding hydrogens is 410 g/mol. The summed E-state index contributed by atoms with van der Waals surface area (Å²) < 4.78 is 39.1. The molecule has 1 aromatic carbocycles. The Labute approximate surface area is 171 Å². The fourth-order valence-corrected chi connectivity index (χ4v) is 5.51. The third-order valence-corrected chi connectivity index (χ3v) is 7.45. The lowest BCUT2D eigenvalue weighted by Gasteiger charge is -2.17. The van der Waals surface area contributed by atoms with E-state index in [1.165, 1.54) is 22.6 Å². The molecule has 5 rings (SSSR count). The molecule has 0 spiro atoms. The number of benzene rings is 1. The van der Waals surface area contributed by atoms with Crippen molar-refractivity contribution < 1.29 is 17.9 Å². The van der Waals surface area contributed by atoms with Crippen LogP contribution in [0.1, 0.15) is 18.4 Å². The summed E-state index contributed by atoms with van der Waals surface area (Å²) in [5.74, 6) is 1.07. The van der Waals surface area contributed by atoms with E-state index < -0.39 is 21.1 Å². The van der Waals surface area contributed by atoms with Crippen LogP contribution >= 0.6 is 0 Å². The summed E-state index contributed by atoms with van der Waals surface area (Å²) in [6.07, 6.45) is 2.84. The minimum Gasteiger partial charge on any atom is -0.454 e. The van der Waals surface area contributed by atoms with Gasteiger partial charge in [-0.15, -0.1) is 0 Å². The van der Waals surface area contributed by atoms with E-state index in [0.29, 0.717) is 41.1 Å². The van der Waals surface area contributed by atoms with E-state index in [9.17, 15) is 18.0 Å². The minimum absolute atomic E-state index is 0.0198. The number of aromatic amines is 1. The van der Waals surface area contributed by atoms with Gasteiger partial charge in [-0.25, -0.2) is 8.42 Å². The predicted octanol–water partition coefficient (Wildman–Crippen LogP) is 1.50. The molecule has 1 fully saturated rings. The van der Waals surface area contributed by atoms with Gasteiger partial charge >= 0.3 is 0 Å². The van der Waals surface area contributed by atoms with Gasteiger partial charge in [-0.2, -0.15) is 4.31 Å². The summed E-state index contributed by atoms with van der Waals surface area (Å²) in [4.78, 5) is 28.2. The Hall–Kier alpha value is -3.11. The quantitative estimate of drug-likeness (QED) is 0.676. The number of rotatable bonds is 3. The Balaban J connectivity index is 1.71. The molecule has 2 aliphatic heterocycles. The van der Waals surface area contributed by atoms with E-state index in [1.54, 1.807) is 19.1 Å². The van der Waals surface area contributed by atoms with Crippen LogP contribution < -0.4 is 20.6 Å². The van der Waals surface area contributed by atoms with Gasteiger partial charge < -0.3 is 14.5 Å². The molecule has 0 bridgehead atoms. The summed E-state index contributed by atoms with van der Waals surface area (Å²) >= 11 is 0. The highest BCUT2D eigenvalue weighted by atomic mass is 32.2. The number of sulfonamides is 1. The van der Waals surface area contributed by atoms with Crippen LogP contribution in [0, 0.1) is 6.92 Å². The molecule has 0 amide bonds. The number of pyridine rings is 2. The van der Waals surface area contributed by atoms with Gasteiger partial charge in [0, 0.05) is 36.8 Å². The SMILES string of the molecule is Cc1c(-n2cc(S(=O)(=O)N3CCCC3)ccc2=O)c(=O)[nH]c2cc3c(cc12)OCO3. The smallest absolute Gasteiger partial charge is 0.273 e. The van der Waals surface area contributed by atoms with Crippen molar-refractivity contribution in [3.8, 4) is 17.2 Å². The zero-order chi connectivity index (χ0) is 21.0. The van der Waals surface area contributed by atoms with Crippen LogP contribution in [-0.2, 0) is 10.0 Å². The van der Waals surface area contributed by atoms with Crippen molar-refractivity contribution >= 4 is 20.9 Å². The van der Waals surface area contributed by atoms with Crippen molar-refractivity contribution in [3.63, 3.8) is 0 Å². The number of nitrogens with one attached hydrogen (secondary N) is 1. The minimum atomic E-state index is -3.74. The second kappa shape index (κ2) is 6.71. The molecule has 2 aliphatic rings. The molecular formula is C20H19N3O6S. The standard InChI is InChI=1S/C20H19N3O6S/c1-12-14-8-16-17(29-11-28-16)9-15(14)21-20(25)19(12)23-10-13(4-5-18(23)24)30(26,27)22-6-2-3-7-22/h4-5,8-10H,2-3,6-7,11H2,1H3,(H,21,25). The number of aromatic nitrogens is 2. The number of aryl methyl sites for hydroxylation is 1. The summed E-state index contributed by atoms with van der Waals surface area (Å²) in [7, 11) is -3.74. The Bertz CT molecular complexity index is 1400. The largest absolute Gasteiger partial charge is 0.454 e. The number of fused-ring (bicyclic) bond motifs is 2. The van der Waals surface area contributed by atoms with Crippen LogP contribution in [0.5, 0.6) is 11.5 Å². The van der Waals surface area contributed by atoms with Crippen LogP contribution in [0.25, 0.3) is 16.6 Å². The number of hydrogen-bond acceptors (Lipinski definition) is 6. The second-order valence-corrected chi connectivity index (χ2v) is 9.30. The van der Waals surface area contributed by atoms with Crippen molar-refractivity contribution in [2.24, 2.45) is 0 Å². The molecule has 0 radical (unpaired) electrons. The van der Waals surface area contributed by atoms with E-state index in [4.69, 9.17) is 9.47 Å². The van der Waals surface area contributed by atoms with Crippen molar-refractivity contribution in [1.82, 2.24) is 13.9 Å². The Morgan fingerprint density at radius 3 is 2.47 bits per heavy atom. The van der Waals surface area contributed by atoms with Crippen LogP contribution in [0.15, 0.2) is 44.9 Å². The number of hydrogen-bond donors (Lipinski definition) is 1. The van der Waals surface area contributed by atoms with E-state index in [2.05, 4.69) is 4.98 Å². The van der Waals surface area contributed by atoms with Gasteiger partial charge in [-0.1, -0.05) is 0 Å². The van der Waals surface area contributed by atoms with E-state index >= 15 is 0 Å². The molecule has 1 saturated heterocycles. The maximum absolute atomic E-state index is 12.9. The first kappa shape index (κ1) is 18.9. The van der Waals surface area contributed by atoms with Crippen molar-refractivity contribution in [3.05, 3.63) is 56.7 Å². The van der Waals surface area contributed by atoms with Crippen molar-refractivity contribution in [2.45, 2.75) is 24.7 Å². The summed E-state index contributed by atoms with van der Waals surface area (Å²) in [5, 5.41) is 0.675. The maximum Gasteiger partial charge on any atom is 0.273 e. The molecule has 30 heavy (non-hydrogen) atoms. The molecule has 0 aliphatic carbocycles. The van der Waals surface area contributed by atoms with Gasteiger partial charge in [0.1, 0.15) is 5.69 Å². The lowest BCUT2D eigenvalue weighted by molar-refractivity contribution is 0.174. The molecule has 9 nitrogen and oxygen atoms in total. The summed E-state index contributed by atoms with van der Waals surface area (Å²) in [6.45, 7) is 2.70. The van der Waals surface area contributed by atoms with E-state index in [0.717, 1.165) is 17.4 Å². The average molecular weight is 429 g/mol. The van der Waals surface area contributed by atoms with Gasteiger partial charge in [0.05, 0.1) is 10.4 Å². The van der Waals surface area contributed by atoms with Crippen LogP contribution in [0.4, 0.5) is 0 Å². The zero-order valence-electron chi connectivity index (χ0n) is 16.2. The normalized spacial score (nSPS) is 16.4. The van der Waals surface area contributed by atoms with Crippen molar-refractivity contribution in [2.75, 3.05) is 19.9 Å². The van der Waals surface area contributed by atoms with Gasteiger partial charge in [-0.3, -0.25) is 14.2 Å². The molecule has 0 atom stereocenters. The third kappa shape index (κ3) is 2.83. The summed E-state index contributed by atoms with van der Waals surface area (Å²) in [5.41, 5.74) is 0.148. The first-order valence-electron chi connectivity index (χ1n) is 9.56. The molecule has 1 N–H and O–H groups in total. The fraction of sp³-hybridized carbons (Fsp3) is 0.300. The van der Waals surface area contributed by atoms with E-state index in [1.807, 2.05) is 0 Å². The molecule has 4 heterocycles. The lowest BCUT2D eigenvalue weighted by atomic mass is 10.1. The molecule has 0 unspecified atom stereocenters. The molecule has 2 aromatic heterocycles. The highest BCUT2D eigenvalue weighted by Crippen LogP contribution is 2.36. The first-order valence-corrected chi connectivity index (χ1v) is 11.0. The summed E-state index contributed by atoms with van der Waals surface area (Å²) in [6, 6.07) is 5.87. The van der Waals surface area contributed by atoms with Gasteiger partial charge in [-0.05, 0) is 37.5 Å². The monoisotopic (exact) mass is 429 g/mol. The molecule has 10 heteroatoms. The molecule has 3 aromatic rings. The number of ether oxygens (including phenoxy) is 2. The topological polar surface area (TPSA) is 111 Å². The van der Waals surface area contributed by atoms with Crippen LogP contribution in [0.3, 0.4) is 0 Å². The third-order valence-electron chi connectivity index (χ3n) is 5.56. The first-order chi connectivity index (χ1) is 14.4. The predicted molar refractivity (Wildman–Crippen MR) is 109 cm³/mol. The Kier molecular flexibility index (Phi) is 4.23. The van der Waals surface area contributed by atoms with Crippen molar-refractivity contribution in [1.29, 1.82) is 0 Å². The average Bonchev–Trinajstić information content (AvgIpc) is 3.40. The fourth-order valence-electron chi connectivity index (χ4n) is 4.00. The highest BCUT2D eigenvalue weighted by Gasteiger charge is 2.28. The van der Waals surface area contributed by atoms with Crippen LogP contribution in [0.2, 0.25) is 0 Å². The molecule has 0 saturated carbocycles. The highest BCUT2D eigenvalue weighted by molar-refractivity contribution is 7.89. The van der Waals surface area contributed by atoms with Gasteiger partial charge in [0.2, 0.25) is 16.8 Å². The van der Waals surface area contributed by atoms with Crippen LogP contribution in [-0.4, -0.2) is 42.2 Å². The second-order valence-electron chi connectivity index (χ2n) is 7.36. The Morgan fingerprint density at radius 2 is 1.73 bits per heavy atom.